The zero-order valence-corrected chi connectivity index (χ0v) is 16.5. The van der Waals surface area contributed by atoms with Gasteiger partial charge in [0.2, 0.25) is 10.0 Å². The van der Waals surface area contributed by atoms with Crippen LogP contribution in [0.2, 0.25) is 5.02 Å². The minimum atomic E-state index is -3.65. The zero-order valence-electron chi connectivity index (χ0n) is 14.9. The molecule has 0 aromatic heterocycles. The zero-order chi connectivity index (χ0) is 19.6. The third kappa shape index (κ3) is 4.10. The number of ether oxygens (including phenoxy) is 1. The summed E-state index contributed by atoms with van der Waals surface area (Å²) < 4.78 is 32.7. The Morgan fingerprint density at radius 3 is 2.48 bits per heavy atom. The Bertz CT molecular complexity index is 956. The minimum absolute atomic E-state index is 0.0224. The molecule has 0 spiro atoms. The number of benzene rings is 2. The van der Waals surface area contributed by atoms with Crippen LogP contribution < -0.4 is 10.5 Å². The van der Waals surface area contributed by atoms with Gasteiger partial charge in [-0.15, -0.1) is 0 Å². The van der Waals surface area contributed by atoms with Crippen LogP contribution in [0.25, 0.3) is 0 Å². The van der Waals surface area contributed by atoms with Gasteiger partial charge < -0.3 is 10.5 Å². The minimum Gasteiger partial charge on any atom is -0.485 e. The number of halogens is 1. The number of hydrogen-bond donors (Lipinski definition) is 1. The maximum Gasteiger partial charge on any atom is 0.252 e. The number of nitrogens with zero attached hydrogens (tertiary/aromatic N) is 1. The SMILES string of the molecule is C[C@H](Oc1ccc(S(=O)(=O)N2CCCC2)cc1C(N)=O)c1ccccc1Cl. The summed E-state index contributed by atoms with van der Waals surface area (Å²) in [5.74, 6) is -0.537. The largest absolute Gasteiger partial charge is 0.485 e. The van der Waals surface area contributed by atoms with Crippen LogP contribution in [0.4, 0.5) is 0 Å². The summed E-state index contributed by atoms with van der Waals surface area (Å²) in [6.07, 6.45) is 1.22. The lowest BCUT2D eigenvalue weighted by Crippen LogP contribution is -2.28. The smallest absolute Gasteiger partial charge is 0.252 e. The van der Waals surface area contributed by atoms with Crippen molar-refractivity contribution in [1.29, 1.82) is 0 Å². The average Bonchev–Trinajstić information content (AvgIpc) is 3.17. The lowest BCUT2D eigenvalue weighted by Gasteiger charge is -2.20. The summed E-state index contributed by atoms with van der Waals surface area (Å²) in [4.78, 5) is 12.0. The van der Waals surface area contributed by atoms with Crippen LogP contribution in [-0.4, -0.2) is 31.7 Å². The highest BCUT2D eigenvalue weighted by atomic mass is 35.5. The van der Waals surface area contributed by atoms with Crippen molar-refractivity contribution in [2.24, 2.45) is 5.73 Å². The van der Waals surface area contributed by atoms with Crippen molar-refractivity contribution >= 4 is 27.5 Å². The van der Waals surface area contributed by atoms with Gasteiger partial charge in [-0.25, -0.2) is 8.42 Å². The molecule has 0 saturated carbocycles. The van der Waals surface area contributed by atoms with Crippen LogP contribution in [0, 0.1) is 0 Å². The van der Waals surface area contributed by atoms with E-state index in [0.29, 0.717) is 18.1 Å². The summed E-state index contributed by atoms with van der Waals surface area (Å²) in [6, 6.07) is 11.4. The van der Waals surface area contributed by atoms with Crippen molar-refractivity contribution in [2.45, 2.75) is 30.8 Å². The van der Waals surface area contributed by atoms with E-state index >= 15 is 0 Å². The molecule has 1 saturated heterocycles. The highest BCUT2D eigenvalue weighted by Gasteiger charge is 2.28. The molecule has 6 nitrogen and oxygen atoms in total. The van der Waals surface area contributed by atoms with Crippen LogP contribution in [0.1, 0.15) is 41.8 Å². The van der Waals surface area contributed by atoms with Gasteiger partial charge >= 0.3 is 0 Å². The molecule has 1 atom stereocenters. The summed E-state index contributed by atoms with van der Waals surface area (Å²) in [7, 11) is -3.65. The summed E-state index contributed by atoms with van der Waals surface area (Å²) in [6.45, 7) is 2.76. The molecular formula is C19H21ClN2O4S. The summed E-state index contributed by atoms with van der Waals surface area (Å²) in [5.41, 5.74) is 6.25. The maximum atomic E-state index is 12.7. The van der Waals surface area contributed by atoms with Crippen molar-refractivity contribution in [3.05, 3.63) is 58.6 Å². The van der Waals surface area contributed by atoms with E-state index in [2.05, 4.69) is 0 Å². The van der Waals surface area contributed by atoms with Gasteiger partial charge in [0.25, 0.3) is 5.91 Å². The first-order valence-electron chi connectivity index (χ1n) is 8.66. The molecule has 2 N–H and O–H groups in total. The molecule has 1 fully saturated rings. The molecule has 0 bridgehead atoms. The molecule has 144 valence electrons. The second-order valence-electron chi connectivity index (χ2n) is 6.42. The Morgan fingerprint density at radius 2 is 1.85 bits per heavy atom. The van der Waals surface area contributed by atoms with Gasteiger partial charge in [-0.2, -0.15) is 4.31 Å². The third-order valence-electron chi connectivity index (χ3n) is 4.57. The van der Waals surface area contributed by atoms with Crippen molar-refractivity contribution in [3.63, 3.8) is 0 Å². The number of primary amides is 1. The second-order valence-corrected chi connectivity index (χ2v) is 8.76. The highest BCUT2D eigenvalue weighted by molar-refractivity contribution is 7.89. The molecule has 0 unspecified atom stereocenters. The van der Waals surface area contributed by atoms with Crippen LogP contribution >= 0.6 is 11.6 Å². The van der Waals surface area contributed by atoms with E-state index in [1.165, 1.54) is 22.5 Å². The van der Waals surface area contributed by atoms with E-state index in [1.54, 1.807) is 13.0 Å². The summed E-state index contributed by atoms with van der Waals surface area (Å²) in [5, 5.41) is 0.541. The molecule has 1 amide bonds. The lowest BCUT2D eigenvalue weighted by molar-refractivity contribution is 0.0993. The molecule has 1 aliphatic heterocycles. The molecule has 1 heterocycles. The fourth-order valence-electron chi connectivity index (χ4n) is 3.10. The maximum absolute atomic E-state index is 12.7. The number of rotatable bonds is 6. The van der Waals surface area contributed by atoms with Gasteiger partial charge in [0.05, 0.1) is 10.5 Å². The van der Waals surface area contributed by atoms with E-state index in [-0.39, 0.29) is 16.2 Å². The van der Waals surface area contributed by atoms with Crippen molar-refractivity contribution in [1.82, 2.24) is 4.31 Å². The topological polar surface area (TPSA) is 89.7 Å². The van der Waals surface area contributed by atoms with Gasteiger partial charge in [0.1, 0.15) is 11.9 Å². The van der Waals surface area contributed by atoms with Crippen molar-refractivity contribution in [3.8, 4) is 5.75 Å². The fraction of sp³-hybridized carbons (Fsp3) is 0.316. The monoisotopic (exact) mass is 408 g/mol. The lowest BCUT2D eigenvalue weighted by atomic mass is 10.1. The quantitative estimate of drug-likeness (QED) is 0.793. The van der Waals surface area contributed by atoms with Gasteiger partial charge in [-0.1, -0.05) is 29.8 Å². The third-order valence-corrected chi connectivity index (χ3v) is 6.81. The fourth-order valence-corrected chi connectivity index (χ4v) is 4.93. The predicted octanol–water partition coefficient (Wildman–Crippen LogP) is 3.36. The number of nitrogens with two attached hydrogens (primary N) is 1. The van der Waals surface area contributed by atoms with E-state index in [9.17, 15) is 13.2 Å². The van der Waals surface area contributed by atoms with Crippen molar-refractivity contribution < 1.29 is 17.9 Å². The van der Waals surface area contributed by atoms with Crippen molar-refractivity contribution in [2.75, 3.05) is 13.1 Å². The van der Waals surface area contributed by atoms with Gasteiger partial charge in [0.15, 0.2) is 0 Å². The van der Waals surface area contributed by atoms with Gasteiger partial charge in [-0.3, -0.25) is 4.79 Å². The molecule has 1 aliphatic rings. The first-order valence-corrected chi connectivity index (χ1v) is 10.5. The Morgan fingerprint density at radius 1 is 1.19 bits per heavy atom. The number of carbonyl (C=O) groups is 1. The van der Waals surface area contributed by atoms with Gasteiger partial charge in [0, 0.05) is 23.7 Å². The summed E-state index contributed by atoms with van der Waals surface area (Å²) >= 11 is 6.19. The van der Waals surface area contributed by atoms with Crippen LogP contribution in [0.3, 0.4) is 0 Å². The Balaban J connectivity index is 1.93. The second kappa shape index (κ2) is 7.88. The van der Waals surface area contributed by atoms with E-state index in [0.717, 1.165) is 18.4 Å². The predicted molar refractivity (Wildman–Crippen MR) is 103 cm³/mol. The molecule has 0 radical (unpaired) electrons. The first-order chi connectivity index (χ1) is 12.8. The highest BCUT2D eigenvalue weighted by Crippen LogP contribution is 2.31. The van der Waals surface area contributed by atoms with Crippen LogP contribution in [0.15, 0.2) is 47.4 Å². The molecule has 0 aliphatic carbocycles. The van der Waals surface area contributed by atoms with Crippen LogP contribution in [0.5, 0.6) is 5.75 Å². The molecule has 3 rings (SSSR count). The molecule has 27 heavy (non-hydrogen) atoms. The Kier molecular flexibility index (Phi) is 5.74. The Hall–Kier alpha value is -2.09. The molecule has 2 aromatic carbocycles. The Labute approximate surface area is 163 Å². The number of carbonyl (C=O) groups excluding carboxylic acids is 1. The van der Waals surface area contributed by atoms with Gasteiger partial charge in [-0.05, 0) is 44.0 Å². The van der Waals surface area contributed by atoms with E-state index in [1.807, 2.05) is 18.2 Å². The number of hydrogen-bond acceptors (Lipinski definition) is 4. The van der Waals surface area contributed by atoms with E-state index < -0.39 is 22.0 Å². The molecular weight excluding hydrogens is 388 g/mol. The standard InChI is InChI=1S/C19H21ClN2O4S/c1-13(15-6-2-3-7-17(15)20)26-18-9-8-14(12-16(18)19(21)23)27(24,25)22-10-4-5-11-22/h2-3,6-9,12-13H,4-5,10-11H2,1H3,(H2,21,23)/t13-/m0/s1. The van der Waals surface area contributed by atoms with Crippen LogP contribution in [-0.2, 0) is 10.0 Å². The first kappa shape index (κ1) is 19.7. The number of amides is 1. The van der Waals surface area contributed by atoms with E-state index in [4.69, 9.17) is 22.1 Å². The normalized spacial score (nSPS) is 16.2. The number of sulfonamides is 1. The molecule has 2 aromatic rings. The molecule has 8 heteroatoms. The average molecular weight is 409 g/mol.